The normalized spacial score (nSPS) is 37.3. The molecule has 7 rings (SSSR count). The zero-order valence-electron chi connectivity index (χ0n) is 28.7. The number of hydrogen-bond donors (Lipinski definition) is 2. The number of anilines is 1. The fourth-order valence-corrected chi connectivity index (χ4v) is 10.7. The highest BCUT2D eigenvalue weighted by Crippen LogP contribution is 2.49. The lowest BCUT2D eigenvalue weighted by Gasteiger charge is -2.49. The van der Waals surface area contributed by atoms with E-state index in [4.69, 9.17) is 25.8 Å². The van der Waals surface area contributed by atoms with Gasteiger partial charge in [0, 0.05) is 40.3 Å². The number of carbonyl (C=O) groups is 1. The van der Waals surface area contributed by atoms with Crippen molar-refractivity contribution in [3.63, 3.8) is 0 Å². The number of benzene rings is 2. The number of hydrogen-bond acceptors (Lipinski definition) is 7. The Bertz CT molecular complexity index is 1610. The Hall–Kier alpha value is -2.30. The van der Waals surface area contributed by atoms with Gasteiger partial charge in [0.05, 0.1) is 41.3 Å². The van der Waals surface area contributed by atoms with Crippen molar-refractivity contribution in [1.82, 2.24) is 10.0 Å². The number of carbonyl (C=O) groups excluding carboxylic acids is 1. The molecule has 2 bridgehead atoms. The maximum atomic E-state index is 13.9. The predicted molar refractivity (Wildman–Crippen MR) is 194 cm³/mol. The van der Waals surface area contributed by atoms with Crippen LogP contribution in [0.25, 0.3) is 0 Å². The molecule has 0 radical (unpaired) electrons. The fourth-order valence-electron chi connectivity index (χ4n) is 9.00. The Morgan fingerprint density at radius 2 is 1.85 bits per heavy atom. The highest BCUT2D eigenvalue weighted by Gasteiger charge is 2.46. The maximum absolute atomic E-state index is 13.9. The molecule has 262 valence electrons. The van der Waals surface area contributed by atoms with Gasteiger partial charge in [-0.15, -0.1) is 0 Å². The number of nitrogens with zero attached hydrogens (tertiary/aromatic N) is 1. The van der Waals surface area contributed by atoms with Crippen molar-refractivity contribution in [1.29, 1.82) is 0 Å². The molecule has 0 aromatic heterocycles. The van der Waals surface area contributed by atoms with Crippen LogP contribution in [0, 0.1) is 23.7 Å². The van der Waals surface area contributed by atoms with Crippen molar-refractivity contribution in [2.75, 3.05) is 44.9 Å². The fraction of sp³-hybridized carbons (Fsp3) is 0.632. The lowest BCUT2D eigenvalue weighted by molar-refractivity contribution is -0.231. The van der Waals surface area contributed by atoms with Crippen molar-refractivity contribution >= 4 is 38.8 Å². The molecule has 2 aliphatic carbocycles. The van der Waals surface area contributed by atoms with E-state index >= 15 is 0 Å². The topological polar surface area (TPSA) is 89.1 Å². The Balaban J connectivity index is 1.27. The van der Waals surface area contributed by atoms with Gasteiger partial charge < -0.3 is 24.4 Å². The summed E-state index contributed by atoms with van der Waals surface area (Å²) >= 11 is 6.48. The first kappa shape index (κ1) is 34.2. The van der Waals surface area contributed by atoms with Crippen molar-refractivity contribution in [3.05, 3.63) is 58.1 Å². The van der Waals surface area contributed by atoms with Crippen molar-refractivity contribution in [2.45, 2.75) is 88.2 Å². The van der Waals surface area contributed by atoms with Gasteiger partial charge in [0.1, 0.15) is 5.75 Å². The monoisotopic (exact) mass is 697 g/mol. The average molecular weight is 698 g/mol. The molecule has 2 aromatic rings. The summed E-state index contributed by atoms with van der Waals surface area (Å²) in [7, 11) is -0.944. The lowest BCUT2D eigenvalue weighted by Crippen LogP contribution is -2.52. The van der Waals surface area contributed by atoms with Crippen LogP contribution in [-0.4, -0.2) is 73.5 Å². The second-order valence-corrected chi connectivity index (χ2v) is 18.1. The molecule has 2 N–H and O–H groups in total. The molecule has 3 heterocycles. The minimum atomic E-state index is -2.90. The van der Waals surface area contributed by atoms with E-state index in [1.807, 2.05) is 32.2 Å². The van der Waals surface area contributed by atoms with Gasteiger partial charge in [-0.2, -0.15) is 0 Å². The number of likely N-dealkylation sites (N-methyl/N-ethyl adjacent to an activating group) is 1. The predicted octanol–water partition coefficient (Wildman–Crippen LogP) is 5.99. The van der Waals surface area contributed by atoms with Gasteiger partial charge in [0.25, 0.3) is 5.91 Å². The maximum Gasteiger partial charge on any atom is 0.262 e. The molecule has 1 amide bonds. The second-order valence-electron chi connectivity index (χ2n) is 15.2. The molecule has 1 unspecified atom stereocenters. The molecule has 2 fully saturated rings. The summed E-state index contributed by atoms with van der Waals surface area (Å²) < 4.78 is 36.3. The summed E-state index contributed by atoms with van der Waals surface area (Å²) in [5, 5.41) is 3.79. The first-order valence-corrected chi connectivity index (χ1v) is 20.1. The van der Waals surface area contributed by atoms with E-state index in [9.17, 15) is 9.00 Å². The van der Waals surface area contributed by atoms with E-state index < -0.39 is 9.71 Å². The quantitative estimate of drug-likeness (QED) is 0.373. The van der Waals surface area contributed by atoms with Gasteiger partial charge in [-0.3, -0.25) is 9.52 Å². The smallest absolute Gasteiger partial charge is 0.262 e. The molecule has 48 heavy (non-hydrogen) atoms. The van der Waals surface area contributed by atoms with Gasteiger partial charge in [0.15, 0.2) is 6.29 Å². The standard InChI is InChI=1S/C38H52ClN3O5S/c1-24-7-5-9-32(37-45-20-30(40-3)21-46-37)31-13-10-28(31)19-42-22-38(16-6-8-26-17-29(39)12-14-33(26)38)23-47-35-15-11-27(18-34(35)42)36(43)41-48(4,44)25(24)2/h11-12,14-15,17-18,24-25,28,30-32,37,40H,4-10,13,16,19-23H2,1-3H3,(H,41,43,44)/t24-,25+,28-,30?,31+,32+,37?,38-,48?/m0/s1. The number of amides is 1. The summed E-state index contributed by atoms with van der Waals surface area (Å²) in [4.78, 5) is 16.2. The third-order valence-corrected chi connectivity index (χ3v) is 14.8. The van der Waals surface area contributed by atoms with Crippen molar-refractivity contribution in [2.24, 2.45) is 23.7 Å². The van der Waals surface area contributed by atoms with Crippen LogP contribution in [0.5, 0.6) is 5.75 Å². The van der Waals surface area contributed by atoms with Crippen molar-refractivity contribution in [3.8, 4) is 5.75 Å². The zero-order chi connectivity index (χ0) is 33.6. The molecular weight excluding hydrogens is 646 g/mol. The summed E-state index contributed by atoms with van der Waals surface area (Å²) in [5.41, 5.74) is 3.82. The third kappa shape index (κ3) is 6.62. The van der Waals surface area contributed by atoms with E-state index in [2.05, 4.69) is 39.9 Å². The number of nitrogens with one attached hydrogen (secondary N) is 2. The van der Waals surface area contributed by atoms with Gasteiger partial charge in [-0.1, -0.05) is 31.0 Å². The molecule has 10 heteroatoms. The SMILES string of the molecule is C=S1(=O)NC(=O)c2ccc3c(c2)N(C[C@@H]2CC[C@H]2[C@H](C2OCC(NC)CO2)CCC[C@H](C)[C@H]1C)C[C@@]1(CCCc2cc(Cl)ccc21)CO3. The Kier molecular flexibility index (Phi) is 9.81. The van der Waals surface area contributed by atoms with Crippen LogP contribution in [-0.2, 0) is 31.0 Å². The third-order valence-electron chi connectivity index (χ3n) is 12.3. The average Bonchev–Trinajstić information content (AvgIpc) is 3.21. The molecule has 3 aliphatic heterocycles. The van der Waals surface area contributed by atoms with Gasteiger partial charge >= 0.3 is 0 Å². The van der Waals surface area contributed by atoms with E-state index in [0.717, 1.165) is 80.9 Å². The van der Waals surface area contributed by atoms with E-state index in [-0.39, 0.29) is 40.7 Å². The summed E-state index contributed by atoms with van der Waals surface area (Å²) in [5.74, 6) is 5.82. The molecule has 2 aromatic carbocycles. The van der Waals surface area contributed by atoms with Crippen LogP contribution in [0.4, 0.5) is 5.69 Å². The van der Waals surface area contributed by atoms with Crippen LogP contribution in [0.1, 0.15) is 80.3 Å². The highest BCUT2D eigenvalue weighted by atomic mass is 35.5. The number of aryl methyl sites for hydroxylation is 1. The molecule has 1 spiro atoms. The number of halogens is 1. The molecule has 5 aliphatic rings. The number of ether oxygens (including phenoxy) is 3. The molecule has 8 nitrogen and oxygen atoms in total. The Morgan fingerprint density at radius 3 is 2.60 bits per heavy atom. The van der Waals surface area contributed by atoms with Crippen LogP contribution in [0.2, 0.25) is 5.02 Å². The highest BCUT2D eigenvalue weighted by molar-refractivity contribution is 7.99. The minimum Gasteiger partial charge on any atom is -0.490 e. The second kappa shape index (κ2) is 13.8. The van der Waals surface area contributed by atoms with Crippen molar-refractivity contribution < 1.29 is 23.2 Å². The van der Waals surface area contributed by atoms with Crippen LogP contribution in [0.3, 0.4) is 0 Å². The van der Waals surface area contributed by atoms with Crippen LogP contribution < -0.4 is 19.7 Å². The molecular formula is C38H52ClN3O5S. The zero-order valence-corrected chi connectivity index (χ0v) is 30.3. The summed E-state index contributed by atoms with van der Waals surface area (Å²) in [6, 6.07) is 12.2. The van der Waals surface area contributed by atoms with Gasteiger partial charge in [0.2, 0.25) is 0 Å². The summed E-state index contributed by atoms with van der Waals surface area (Å²) in [6.45, 7) is 7.59. The largest absolute Gasteiger partial charge is 0.490 e. The minimum absolute atomic E-state index is 0.128. The molecule has 7 atom stereocenters. The van der Waals surface area contributed by atoms with Gasteiger partial charge in [-0.25, -0.2) is 4.21 Å². The lowest BCUT2D eigenvalue weighted by atomic mass is 9.64. The van der Waals surface area contributed by atoms with Crippen LogP contribution >= 0.6 is 11.6 Å². The van der Waals surface area contributed by atoms with E-state index in [1.54, 1.807) is 6.07 Å². The molecule has 1 saturated heterocycles. The van der Waals surface area contributed by atoms with E-state index in [1.165, 1.54) is 11.1 Å². The van der Waals surface area contributed by atoms with E-state index in [0.29, 0.717) is 37.2 Å². The molecule has 1 saturated carbocycles. The number of rotatable bonds is 2. The Labute approximate surface area is 291 Å². The first-order chi connectivity index (χ1) is 23.1. The van der Waals surface area contributed by atoms with Gasteiger partial charge in [-0.05, 0) is 124 Å². The van der Waals surface area contributed by atoms with Crippen LogP contribution in [0.15, 0.2) is 36.4 Å². The summed E-state index contributed by atoms with van der Waals surface area (Å²) in [6.07, 6.45) is 8.04. The Morgan fingerprint density at radius 1 is 1.04 bits per heavy atom. The number of fused-ring (bicyclic) bond motifs is 4. The first-order valence-electron chi connectivity index (χ1n) is 18.0.